The van der Waals surface area contributed by atoms with Crippen molar-refractivity contribution in [2.45, 2.75) is 32.1 Å². The van der Waals surface area contributed by atoms with E-state index in [0.717, 1.165) is 5.56 Å². The number of aliphatic hydroxyl groups is 1. The Labute approximate surface area is 147 Å². The lowest BCUT2D eigenvalue weighted by atomic mass is 10.1. The molecule has 4 N–H and O–H groups in total. The van der Waals surface area contributed by atoms with Crippen molar-refractivity contribution in [1.82, 2.24) is 15.3 Å². The van der Waals surface area contributed by atoms with Gasteiger partial charge in [0.2, 0.25) is 0 Å². The Balaban J connectivity index is 1.74. The van der Waals surface area contributed by atoms with Crippen molar-refractivity contribution in [2.24, 2.45) is 0 Å². The van der Waals surface area contributed by atoms with Crippen LogP contribution in [0.1, 0.15) is 37.4 Å². The van der Waals surface area contributed by atoms with E-state index in [1.807, 2.05) is 38.1 Å². The molecule has 0 radical (unpaired) electrons. The Morgan fingerprint density at radius 1 is 1.25 bits per heavy atom. The first-order valence-corrected chi connectivity index (χ1v) is 8.20. The zero-order chi connectivity index (χ0) is 17.5. The third-order valence-corrected chi connectivity index (χ3v) is 3.87. The molecule has 0 spiro atoms. The van der Waals surface area contributed by atoms with Crippen LogP contribution in [-0.2, 0) is 4.74 Å². The van der Waals surface area contributed by atoms with E-state index in [1.54, 1.807) is 12.3 Å². The Hall–Kier alpha value is -1.73. The van der Waals surface area contributed by atoms with Gasteiger partial charge in [0, 0.05) is 17.8 Å². The molecule has 2 aromatic rings. The number of nitrogens with two attached hydrogens (primary N) is 1. The highest BCUT2D eigenvalue weighted by Crippen LogP contribution is 2.19. The van der Waals surface area contributed by atoms with E-state index in [0.29, 0.717) is 23.2 Å². The number of aliphatic hydroxyl groups excluding tert-OH is 1. The number of hydrogen-bond donors (Lipinski definition) is 3. The van der Waals surface area contributed by atoms with E-state index >= 15 is 0 Å². The van der Waals surface area contributed by atoms with Crippen molar-refractivity contribution >= 4 is 17.4 Å². The largest absolute Gasteiger partial charge is 0.389 e. The maximum atomic E-state index is 10.1. The first-order chi connectivity index (χ1) is 11.5. The number of nitrogens with one attached hydrogen (secondary N) is 1. The molecule has 1 aromatic heterocycles. The molecule has 7 heteroatoms. The summed E-state index contributed by atoms with van der Waals surface area (Å²) in [5.74, 6) is 1.02. The molecule has 0 aliphatic carbocycles. The third-order valence-electron chi connectivity index (χ3n) is 3.62. The maximum absolute atomic E-state index is 10.1. The van der Waals surface area contributed by atoms with Gasteiger partial charge in [-0.1, -0.05) is 23.7 Å². The average Bonchev–Trinajstić information content (AvgIpc) is 2.58. The Morgan fingerprint density at radius 3 is 2.62 bits per heavy atom. The van der Waals surface area contributed by atoms with Crippen LogP contribution in [0.4, 0.5) is 5.82 Å². The highest BCUT2D eigenvalue weighted by Gasteiger charge is 2.13. The molecule has 1 heterocycles. The van der Waals surface area contributed by atoms with Gasteiger partial charge in [-0.15, -0.1) is 0 Å². The molecule has 3 atom stereocenters. The van der Waals surface area contributed by atoms with Gasteiger partial charge >= 0.3 is 0 Å². The molecule has 0 amide bonds. The standard InChI is InChI=1S/C17H23ClN4O2/c1-11(17-20-8-7-16(19)22-17)21-9-15(23)10-24-12(2)13-3-5-14(18)6-4-13/h3-8,11-12,15,21,23H,9-10H2,1-2H3,(H2,19,20,22). The van der Waals surface area contributed by atoms with Crippen LogP contribution in [0.5, 0.6) is 0 Å². The van der Waals surface area contributed by atoms with Crippen LogP contribution in [-0.4, -0.2) is 34.3 Å². The molecule has 0 saturated heterocycles. The van der Waals surface area contributed by atoms with Crippen molar-refractivity contribution < 1.29 is 9.84 Å². The molecule has 6 nitrogen and oxygen atoms in total. The van der Waals surface area contributed by atoms with Crippen LogP contribution in [0.15, 0.2) is 36.5 Å². The van der Waals surface area contributed by atoms with E-state index in [2.05, 4.69) is 15.3 Å². The fourth-order valence-electron chi connectivity index (χ4n) is 2.15. The van der Waals surface area contributed by atoms with Crippen LogP contribution in [0, 0.1) is 0 Å². The second-order valence-electron chi connectivity index (χ2n) is 5.65. The molecule has 1 aromatic carbocycles. The van der Waals surface area contributed by atoms with Gasteiger partial charge in [-0.05, 0) is 37.6 Å². The number of rotatable bonds is 8. The Bertz CT molecular complexity index is 639. The summed E-state index contributed by atoms with van der Waals surface area (Å²) in [5.41, 5.74) is 6.66. The molecular weight excluding hydrogens is 328 g/mol. The number of halogens is 1. The van der Waals surface area contributed by atoms with E-state index in [1.165, 1.54) is 0 Å². The summed E-state index contributed by atoms with van der Waals surface area (Å²) in [6, 6.07) is 8.99. The van der Waals surface area contributed by atoms with E-state index < -0.39 is 6.10 Å². The highest BCUT2D eigenvalue weighted by molar-refractivity contribution is 6.30. The molecule has 24 heavy (non-hydrogen) atoms. The number of anilines is 1. The molecule has 3 unspecified atom stereocenters. The summed E-state index contributed by atoms with van der Waals surface area (Å²) >= 11 is 5.87. The number of benzene rings is 1. The van der Waals surface area contributed by atoms with Gasteiger partial charge in [-0.2, -0.15) is 0 Å². The van der Waals surface area contributed by atoms with Gasteiger partial charge in [0.15, 0.2) is 0 Å². The smallest absolute Gasteiger partial charge is 0.147 e. The van der Waals surface area contributed by atoms with Crippen molar-refractivity contribution in [3.8, 4) is 0 Å². The number of nitrogens with zero attached hydrogens (tertiary/aromatic N) is 2. The fourth-order valence-corrected chi connectivity index (χ4v) is 2.27. The monoisotopic (exact) mass is 350 g/mol. The van der Waals surface area contributed by atoms with Gasteiger partial charge in [0.05, 0.1) is 24.9 Å². The molecule has 0 aliphatic heterocycles. The summed E-state index contributed by atoms with van der Waals surface area (Å²) < 4.78 is 5.70. The Kier molecular flexibility index (Phi) is 6.93. The third kappa shape index (κ3) is 5.72. The van der Waals surface area contributed by atoms with Gasteiger partial charge < -0.3 is 20.9 Å². The molecule has 0 aliphatic rings. The van der Waals surface area contributed by atoms with Crippen molar-refractivity contribution in [3.05, 3.63) is 52.9 Å². The van der Waals surface area contributed by atoms with Crippen molar-refractivity contribution in [3.63, 3.8) is 0 Å². The minimum absolute atomic E-state index is 0.114. The summed E-state index contributed by atoms with van der Waals surface area (Å²) in [6.07, 6.45) is 0.860. The fraction of sp³-hybridized carbons (Fsp3) is 0.412. The van der Waals surface area contributed by atoms with E-state index in [9.17, 15) is 5.11 Å². The number of hydrogen-bond acceptors (Lipinski definition) is 6. The quantitative estimate of drug-likeness (QED) is 0.677. The normalized spacial score (nSPS) is 15.0. The molecule has 130 valence electrons. The zero-order valence-corrected chi connectivity index (χ0v) is 14.6. The summed E-state index contributed by atoms with van der Waals surface area (Å²) in [6.45, 7) is 4.44. The second-order valence-corrected chi connectivity index (χ2v) is 6.09. The summed E-state index contributed by atoms with van der Waals surface area (Å²) in [7, 11) is 0. The predicted octanol–water partition coefficient (Wildman–Crippen LogP) is 2.50. The van der Waals surface area contributed by atoms with Gasteiger partial charge in [0.25, 0.3) is 0 Å². The van der Waals surface area contributed by atoms with Crippen LogP contribution in [0.3, 0.4) is 0 Å². The molecule has 0 fully saturated rings. The number of aromatic nitrogens is 2. The molecule has 0 bridgehead atoms. The average molecular weight is 351 g/mol. The van der Waals surface area contributed by atoms with Crippen LogP contribution in [0.2, 0.25) is 5.02 Å². The summed E-state index contributed by atoms with van der Waals surface area (Å²) in [4.78, 5) is 8.31. The SMILES string of the molecule is CC(NCC(O)COC(C)c1ccc(Cl)cc1)c1nccc(N)n1. The van der Waals surface area contributed by atoms with E-state index in [-0.39, 0.29) is 18.8 Å². The lowest BCUT2D eigenvalue weighted by Crippen LogP contribution is -2.33. The van der Waals surface area contributed by atoms with Gasteiger partial charge in [0.1, 0.15) is 11.6 Å². The van der Waals surface area contributed by atoms with E-state index in [4.69, 9.17) is 22.1 Å². The maximum Gasteiger partial charge on any atom is 0.147 e. The topological polar surface area (TPSA) is 93.3 Å². The lowest BCUT2D eigenvalue weighted by molar-refractivity contribution is -0.00283. The molecular formula is C17H23ClN4O2. The molecule has 2 rings (SSSR count). The van der Waals surface area contributed by atoms with Gasteiger partial charge in [-0.3, -0.25) is 0 Å². The summed E-state index contributed by atoms with van der Waals surface area (Å²) in [5, 5.41) is 13.9. The van der Waals surface area contributed by atoms with Crippen LogP contribution >= 0.6 is 11.6 Å². The predicted molar refractivity (Wildman–Crippen MR) is 94.7 cm³/mol. The first kappa shape index (κ1) is 18.6. The highest BCUT2D eigenvalue weighted by atomic mass is 35.5. The second kappa shape index (κ2) is 8.94. The van der Waals surface area contributed by atoms with Crippen molar-refractivity contribution in [2.75, 3.05) is 18.9 Å². The van der Waals surface area contributed by atoms with Crippen LogP contribution in [0.25, 0.3) is 0 Å². The van der Waals surface area contributed by atoms with Gasteiger partial charge in [-0.25, -0.2) is 9.97 Å². The molecule has 0 saturated carbocycles. The minimum Gasteiger partial charge on any atom is -0.389 e. The zero-order valence-electron chi connectivity index (χ0n) is 13.8. The number of nitrogen functional groups attached to an aromatic ring is 1. The first-order valence-electron chi connectivity index (χ1n) is 7.82. The lowest BCUT2D eigenvalue weighted by Gasteiger charge is -2.19. The number of ether oxygens (including phenoxy) is 1. The van der Waals surface area contributed by atoms with Crippen molar-refractivity contribution in [1.29, 1.82) is 0 Å². The Morgan fingerprint density at radius 2 is 1.96 bits per heavy atom. The van der Waals surface area contributed by atoms with Crippen LogP contribution < -0.4 is 11.1 Å². The minimum atomic E-state index is -0.636.